The molecule has 0 aromatic rings. The maximum absolute atomic E-state index is 11.3. The number of likely N-dealkylation sites (tertiary alicyclic amines) is 1. The molecule has 0 radical (unpaired) electrons. The fraction of sp³-hybridized carbons (Fsp3) is 0.667. The van der Waals surface area contributed by atoms with Crippen LogP contribution in [0.1, 0.15) is 12.8 Å². The second kappa shape index (κ2) is 5.45. The number of carboxylic acid groups (broad SMARTS) is 1. The summed E-state index contributed by atoms with van der Waals surface area (Å²) in [5, 5.41) is 19.5. The third-order valence-corrected chi connectivity index (χ3v) is 2.28. The van der Waals surface area contributed by atoms with Crippen LogP contribution in [0.15, 0.2) is 0 Å². The predicted octanol–water partition coefficient (Wildman–Crippen LogP) is -1.83. The molecule has 0 bridgehead atoms. The van der Waals surface area contributed by atoms with Gasteiger partial charge in [0.05, 0.1) is 13.1 Å². The first-order chi connectivity index (χ1) is 7.50. The first-order valence-corrected chi connectivity index (χ1v) is 4.96. The molecule has 0 aromatic carbocycles. The van der Waals surface area contributed by atoms with Crippen LogP contribution in [0.3, 0.4) is 0 Å². The van der Waals surface area contributed by atoms with Gasteiger partial charge in [-0.15, -0.1) is 0 Å². The fourth-order valence-electron chi connectivity index (χ4n) is 1.40. The third kappa shape index (κ3) is 3.50. The van der Waals surface area contributed by atoms with Crippen molar-refractivity contribution in [1.82, 2.24) is 10.2 Å². The van der Waals surface area contributed by atoms with Crippen LogP contribution in [0.2, 0.25) is 0 Å². The van der Waals surface area contributed by atoms with Crippen molar-refractivity contribution in [3.05, 3.63) is 0 Å². The van der Waals surface area contributed by atoms with Gasteiger partial charge in [-0.25, -0.2) is 4.79 Å². The first kappa shape index (κ1) is 12.4. The van der Waals surface area contributed by atoms with Gasteiger partial charge in [0.1, 0.15) is 0 Å². The van der Waals surface area contributed by atoms with E-state index in [-0.39, 0.29) is 19.0 Å². The molecule has 2 amide bonds. The van der Waals surface area contributed by atoms with Gasteiger partial charge >= 0.3 is 5.97 Å². The Morgan fingerprint density at radius 2 is 2.19 bits per heavy atom. The number of carbonyl (C=O) groups is 3. The van der Waals surface area contributed by atoms with E-state index in [9.17, 15) is 14.4 Å². The van der Waals surface area contributed by atoms with Crippen LogP contribution in [-0.2, 0) is 14.4 Å². The molecule has 1 heterocycles. The zero-order valence-electron chi connectivity index (χ0n) is 8.68. The Hall–Kier alpha value is -1.63. The number of aliphatic hydroxyl groups excluding tert-OH is 1. The molecule has 1 aliphatic heterocycles. The van der Waals surface area contributed by atoms with Crippen molar-refractivity contribution in [2.24, 2.45) is 0 Å². The summed E-state index contributed by atoms with van der Waals surface area (Å²) in [6.07, 6.45) is -0.423. The molecule has 0 aliphatic carbocycles. The van der Waals surface area contributed by atoms with E-state index in [0.717, 1.165) is 6.42 Å². The van der Waals surface area contributed by atoms with Gasteiger partial charge in [-0.1, -0.05) is 0 Å². The van der Waals surface area contributed by atoms with Crippen molar-refractivity contribution in [2.75, 3.05) is 19.6 Å². The number of aliphatic carboxylic acids is 1. The molecular weight excluding hydrogens is 216 g/mol. The molecule has 16 heavy (non-hydrogen) atoms. The smallest absolute Gasteiger partial charge is 0.334 e. The van der Waals surface area contributed by atoms with Gasteiger partial charge in [0.25, 0.3) is 0 Å². The number of nitrogens with one attached hydrogen (secondary N) is 1. The monoisotopic (exact) mass is 230 g/mol. The highest BCUT2D eigenvalue weighted by atomic mass is 16.4. The van der Waals surface area contributed by atoms with Gasteiger partial charge in [0.2, 0.25) is 11.8 Å². The number of carbonyl (C=O) groups excluding carboxylic acids is 2. The van der Waals surface area contributed by atoms with E-state index in [0.29, 0.717) is 13.0 Å². The maximum Gasteiger partial charge on any atom is 0.334 e. The molecule has 1 atom stereocenters. The summed E-state index contributed by atoms with van der Waals surface area (Å²) in [6, 6.07) is 0. The number of amides is 2. The normalized spacial score (nSPS) is 17.3. The van der Waals surface area contributed by atoms with Crippen molar-refractivity contribution >= 4 is 17.8 Å². The second-order valence-corrected chi connectivity index (χ2v) is 3.58. The van der Waals surface area contributed by atoms with Crippen molar-refractivity contribution < 1.29 is 24.6 Å². The average Bonchev–Trinajstić information content (AvgIpc) is 2.60. The molecule has 0 saturated carbocycles. The summed E-state index contributed by atoms with van der Waals surface area (Å²) in [6.45, 7) is 0.120. The number of hydrogen-bond acceptors (Lipinski definition) is 4. The number of hydrogen-bond donors (Lipinski definition) is 3. The Kier molecular flexibility index (Phi) is 4.24. The second-order valence-electron chi connectivity index (χ2n) is 3.58. The number of aliphatic hydroxyl groups is 1. The lowest BCUT2D eigenvalue weighted by Gasteiger charge is -2.15. The van der Waals surface area contributed by atoms with E-state index in [4.69, 9.17) is 10.2 Å². The summed E-state index contributed by atoms with van der Waals surface area (Å²) in [5.41, 5.74) is 0. The highest BCUT2D eigenvalue weighted by Gasteiger charge is 2.22. The largest absolute Gasteiger partial charge is 0.479 e. The minimum atomic E-state index is -1.61. The summed E-state index contributed by atoms with van der Waals surface area (Å²) < 4.78 is 0. The number of nitrogens with zero attached hydrogens (tertiary/aromatic N) is 1. The molecule has 7 nitrogen and oxygen atoms in total. The van der Waals surface area contributed by atoms with Gasteiger partial charge in [-0.2, -0.15) is 0 Å². The summed E-state index contributed by atoms with van der Waals surface area (Å²) in [7, 11) is 0. The third-order valence-electron chi connectivity index (χ3n) is 2.28. The van der Waals surface area contributed by atoms with E-state index >= 15 is 0 Å². The molecular formula is C9H14N2O5. The van der Waals surface area contributed by atoms with Crippen molar-refractivity contribution in [2.45, 2.75) is 18.9 Å². The molecule has 1 aliphatic rings. The maximum atomic E-state index is 11.3. The van der Waals surface area contributed by atoms with Gasteiger partial charge in [0, 0.05) is 13.0 Å². The van der Waals surface area contributed by atoms with Crippen LogP contribution in [0, 0.1) is 0 Å². The van der Waals surface area contributed by atoms with Crippen LogP contribution in [0.4, 0.5) is 0 Å². The zero-order chi connectivity index (χ0) is 12.1. The molecule has 1 fully saturated rings. The van der Waals surface area contributed by atoms with Crippen LogP contribution in [0.25, 0.3) is 0 Å². The quantitative estimate of drug-likeness (QED) is 0.515. The Morgan fingerprint density at radius 3 is 2.69 bits per heavy atom. The van der Waals surface area contributed by atoms with E-state index in [1.165, 1.54) is 4.90 Å². The lowest BCUT2D eigenvalue weighted by atomic mass is 10.3. The molecule has 90 valence electrons. The van der Waals surface area contributed by atoms with Crippen molar-refractivity contribution in [3.63, 3.8) is 0 Å². The van der Waals surface area contributed by atoms with Crippen molar-refractivity contribution in [3.8, 4) is 0 Å². The van der Waals surface area contributed by atoms with Crippen LogP contribution in [-0.4, -0.2) is 58.6 Å². The average molecular weight is 230 g/mol. The van der Waals surface area contributed by atoms with Gasteiger partial charge in [-0.05, 0) is 6.42 Å². The fourth-order valence-corrected chi connectivity index (χ4v) is 1.40. The molecule has 1 rings (SSSR count). The van der Waals surface area contributed by atoms with E-state index in [1.54, 1.807) is 0 Å². The summed E-state index contributed by atoms with van der Waals surface area (Å²) in [4.78, 5) is 34.1. The highest BCUT2D eigenvalue weighted by Crippen LogP contribution is 2.08. The molecule has 0 unspecified atom stereocenters. The van der Waals surface area contributed by atoms with E-state index < -0.39 is 18.0 Å². The molecule has 1 saturated heterocycles. The Morgan fingerprint density at radius 1 is 1.50 bits per heavy atom. The van der Waals surface area contributed by atoms with Gasteiger partial charge in [0.15, 0.2) is 6.10 Å². The lowest BCUT2D eigenvalue weighted by Crippen LogP contribution is -2.42. The molecule has 3 N–H and O–H groups in total. The Balaban J connectivity index is 2.25. The van der Waals surface area contributed by atoms with Crippen LogP contribution in [0.5, 0.6) is 0 Å². The van der Waals surface area contributed by atoms with Crippen molar-refractivity contribution in [1.29, 1.82) is 0 Å². The predicted molar refractivity (Wildman–Crippen MR) is 52.5 cm³/mol. The topological polar surface area (TPSA) is 107 Å². The minimum Gasteiger partial charge on any atom is -0.479 e. The Labute approximate surface area is 92.0 Å². The molecule has 0 aromatic heterocycles. The van der Waals surface area contributed by atoms with Crippen LogP contribution >= 0.6 is 0 Å². The Bertz CT molecular complexity index is 304. The number of carboxylic acids is 1. The minimum absolute atomic E-state index is 0.0751. The SMILES string of the molecule is O=C(CN1CCCC1=O)NC[C@H](O)C(=O)O. The van der Waals surface area contributed by atoms with E-state index in [2.05, 4.69) is 5.32 Å². The highest BCUT2D eigenvalue weighted by molar-refractivity contribution is 5.86. The van der Waals surface area contributed by atoms with Gasteiger partial charge < -0.3 is 20.4 Å². The molecule has 0 spiro atoms. The van der Waals surface area contributed by atoms with Gasteiger partial charge in [-0.3, -0.25) is 9.59 Å². The first-order valence-electron chi connectivity index (χ1n) is 4.96. The zero-order valence-corrected chi connectivity index (χ0v) is 8.68. The lowest BCUT2D eigenvalue weighted by molar-refractivity contribution is -0.146. The molecule has 7 heteroatoms. The van der Waals surface area contributed by atoms with E-state index in [1.807, 2.05) is 0 Å². The summed E-state index contributed by atoms with van der Waals surface area (Å²) >= 11 is 0. The standard InChI is InChI=1S/C9H14N2O5/c12-6(9(15)16)4-10-7(13)5-11-3-1-2-8(11)14/h6,12H,1-5H2,(H,10,13)(H,15,16)/t6-/m0/s1. The van der Waals surface area contributed by atoms with Crippen LogP contribution < -0.4 is 5.32 Å². The number of rotatable bonds is 5. The summed E-state index contributed by atoms with van der Waals surface area (Å²) in [5.74, 6) is -1.93.